The molecule has 1 saturated heterocycles. The fraction of sp³-hybridized carbons (Fsp3) is 0.321. The van der Waals surface area contributed by atoms with Crippen LogP contribution in [0.15, 0.2) is 59.8 Å². The maximum atomic E-state index is 13.4. The second-order valence-electron chi connectivity index (χ2n) is 9.93. The zero-order chi connectivity index (χ0) is 27.2. The third-order valence-electron chi connectivity index (χ3n) is 6.95. The largest absolute Gasteiger partial charge is 0.390 e. The smallest absolute Gasteiger partial charge is 0.384 e. The second kappa shape index (κ2) is 9.62. The lowest BCUT2D eigenvalue weighted by Gasteiger charge is -2.23. The zero-order valence-electron chi connectivity index (χ0n) is 20.8. The highest BCUT2D eigenvalue weighted by atomic mass is 35.5. The summed E-state index contributed by atoms with van der Waals surface area (Å²) in [6, 6.07) is 16.6. The molecular formula is C28H25ClF3N3O3. The average Bonchev–Trinajstić information content (AvgIpc) is 3.44. The molecule has 0 bridgehead atoms. The molecule has 2 aliphatic heterocycles. The van der Waals surface area contributed by atoms with Crippen LogP contribution >= 0.6 is 11.6 Å². The van der Waals surface area contributed by atoms with E-state index in [4.69, 9.17) is 16.4 Å². The highest BCUT2D eigenvalue weighted by molar-refractivity contribution is 6.30. The molecule has 38 heavy (non-hydrogen) atoms. The van der Waals surface area contributed by atoms with E-state index in [9.17, 15) is 22.8 Å². The molecule has 0 radical (unpaired) electrons. The molecule has 1 atom stereocenters. The van der Waals surface area contributed by atoms with Crippen molar-refractivity contribution in [3.05, 3.63) is 81.9 Å². The molecule has 10 heteroatoms. The van der Waals surface area contributed by atoms with Crippen molar-refractivity contribution in [1.29, 1.82) is 0 Å². The van der Waals surface area contributed by atoms with Crippen molar-refractivity contribution in [2.75, 3.05) is 19.8 Å². The van der Waals surface area contributed by atoms with Gasteiger partial charge in [0.05, 0.1) is 18.8 Å². The van der Waals surface area contributed by atoms with Crippen molar-refractivity contribution >= 4 is 39.9 Å². The van der Waals surface area contributed by atoms with Gasteiger partial charge in [-0.2, -0.15) is 13.2 Å². The fourth-order valence-electron chi connectivity index (χ4n) is 4.98. The average molecular weight is 544 g/mol. The molecule has 3 aromatic rings. The number of carbonyl (C=O) groups is 2. The Morgan fingerprint density at radius 2 is 1.87 bits per heavy atom. The highest BCUT2D eigenvalue weighted by Gasteiger charge is 2.38. The first-order valence-electron chi connectivity index (χ1n) is 12.1. The van der Waals surface area contributed by atoms with Gasteiger partial charge in [-0.15, -0.1) is 0 Å². The van der Waals surface area contributed by atoms with Crippen LogP contribution in [0.4, 0.5) is 13.2 Å². The van der Waals surface area contributed by atoms with Gasteiger partial charge in [-0.1, -0.05) is 53.2 Å². The van der Waals surface area contributed by atoms with Crippen LogP contribution in [0.25, 0.3) is 10.8 Å². The summed E-state index contributed by atoms with van der Waals surface area (Å²) < 4.78 is 37.9. The number of hydrogen-bond donors (Lipinski definition) is 0. The van der Waals surface area contributed by atoms with E-state index in [1.54, 1.807) is 24.3 Å². The van der Waals surface area contributed by atoms with E-state index < -0.39 is 36.6 Å². The van der Waals surface area contributed by atoms with Crippen molar-refractivity contribution in [3.63, 3.8) is 0 Å². The SMILES string of the molecule is Cc1cc(Cl)cc(C2(C)CC(c3ccc(C(=O)N4CC(=O)N(CCC(F)(F)F)C4)c4ccccc34)=NO2)c1. The maximum Gasteiger partial charge on any atom is 0.390 e. The number of amides is 2. The number of halogens is 4. The van der Waals surface area contributed by atoms with Crippen LogP contribution in [0.5, 0.6) is 0 Å². The fourth-order valence-corrected chi connectivity index (χ4v) is 5.27. The highest BCUT2D eigenvalue weighted by Crippen LogP contribution is 2.39. The minimum Gasteiger partial charge on any atom is -0.384 e. The van der Waals surface area contributed by atoms with Gasteiger partial charge in [0, 0.05) is 29.1 Å². The number of rotatable bonds is 5. The van der Waals surface area contributed by atoms with E-state index >= 15 is 0 Å². The van der Waals surface area contributed by atoms with Crippen LogP contribution in [0.1, 0.15) is 46.8 Å². The van der Waals surface area contributed by atoms with Gasteiger partial charge >= 0.3 is 6.18 Å². The van der Waals surface area contributed by atoms with E-state index in [0.717, 1.165) is 32.7 Å². The summed E-state index contributed by atoms with van der Waals surface area (Å²) >= 11 is 6.28. The second-order valence-corrected chi connectivity index (χ2v) is 10.4. The number of oxime groups is 1. The van der Waals surface area contributed by atoms with Crippen LogP contribution < -0.4 is 0 Å². The molecule has 0 aromatic heterocycles. The number of carbonyl (C=O) groups excluding carboxylic acids is 2. The topological polar surface area (TPSA) is 62.2 Å². The quantitative estimate of drug-likeness (QED) is 0.394. The Kier molecular flexibility index (Phi) is 6.59. The molecule has 2 amide bonds. The summed E-state index contributed by atoms with van der Waals surface area (Å²) in [5.41, 5.74) is 3.10. The maximum absolute atomic E-state index is 13.4. The van der Waals surface area contributed by atoms with Gasteiger partial charge < -0.3 is 14.6 Å². The molecule has 3 aromatic carbocycles. The lowest BCUT2D eigenvalue weighted by atomic mass is 9.86. The molecule has 1 fully saturated rings. The third-order valence-corrected chi connectivity index (χ3v) is 7.17. The molecule has 198 valence electrons. The minimum absolute atomic E-state index is 0.179. The number of hydrogen-bond acceptors (Lipinski definition) is 4. The monoisotopic (exact) mass is 543 g/mol. The normalized spacial score (nSPS) is 19.7. The molecule has 2 heterocycles. The van der Waals surface area contributed by atoms with E-state index in [-0.39, 0.29) is 13.2 Å². The number of fused-ring (bicyclic) bond motifs is 1. The van der Waals surface area contributed by atoms with Gasteiger partial charge in [-0.3, -0.25) is 9.59 Å². The van der Waals surface area contributed by atoms with Crippen molar-refractivity contribution in [1.82, 2.24) is 9.80 Å². The van der Waals surface area contributed by atoms with E-state index in [1.807, 2.05) is 44.2 Å². The predicted octanol–water partition coefficient (Wildman–Crippen LogP) is 6.04. The molecule has 0 aliphatic carbocycles. The number of aryl methyl sites for hydroxylation is 1. The van der Waals surface area contributed by atoms with Crippen LogP contribution in [0, 0.1) is 6.92 Å². The Morgan fingerprint density at radius 3 is 2.58 bits per heavy atom. The lowest BCUT2D eigenvalue weighted by molar-refractivity contribution is -0.142. The summed E-state index contributed by atoms with van der Waals surface area (Å²) in [6.45, 7) is 2.99. The summed E-state index contributed by atoms with van der Waals surface area (Å²) in [6.07, 6.45) is -5.01. The van der Waals surface area contributed by atoms with E-state index in [1.165, 1.54) is 4.90 Å². The third kappa shape index (κ3) is 5.07. The van der Waals surface area contributed by atoms with E-state index in [0.29, 0.717) is 22.4 Å². The molecule has 1 unspecified atom stereocenters. The molecule has 6 nitrogen and oxygen atoms in total. The van der Waals surface area contributed by atoms with Crippen LogP contribution in [-0.2, 0) is 15.2 Å². The number of benzene rings is 3. The standard InChI is InChI=1S/C28H25ClF3N3O3/c1-17-11-18(13-19(29)12-17)27(2)14-24(33-38-27)22-7-8-23(21-6-4-3-5-20(21)22)26(37)35-15-25(36)34(16-35)10-9-28(30,31)32/h3-8,11-13H,9-10,14-16H2,1-2H3. The van der Waals surface area contributed by atoms with Gasteiger partial charge in [0.15, 0.2) is 5.60 Å². The molecule has 0 saturated carbocycles. The summed E-state index contributed by atoms with van der Waals surface area (Å²) in [4.78, 5) is 33.9. The summed E-state index contributed by atoms with van der Waals surface area (Å²) in [7, 11) is 0. The Morgan fingerprint density at radius 1 is 1.13 bits per heavy atom. The number of alkyl halides is 3. The van der Waals surface area contributed by atoms with Crippen molar-refractivity contribution < 1.29 is 27.6 Å². The van der Waals surface area contributed by atoms with Crippen molar-refractivity contribution in [2.45, 2.75) is 38.5 Å². The zero-order valence-corrected chi connectivity index (χ0v) is 21.6. The predicted molar refractivity (Wildman–Crippen MR) is 138 cm³/mol. The Labute approximate surface area is 222 Å². The first kappa shape index (κ1) is 26.0. The van der Waals surface area contributed by atoms with Crippen LogP contribution in [0.3, 0.4) is 0 Å². The van der Waals surface area contributed by atoms with Crippen molar-refractivity contribution in [3.8, 4) is 0 Å². The van der Waals surface area contributed by atoms with Gasteiger partial charge in [-0.05, 0) is 53.9 Å². The Balaban J connectivity index is 1.41. The van der Waals surface area contributed by atoms with Crippen LogP contribution in [-0.4, -0.2) is 53.3 Å². The minimum atomic E-state index is -4.38. The van der Waals surface area contributed by atoms with Crippen LogP contribution in [0.2, 0.25) is 5.02 Å². The molecule has 0 spiro atoms. The first-order valence-corrected chi connectivity index (χ1v) is 12.5. The summed E-state index contributed by atoms with van der Waals surface area (Å²) in [5.74, 6) is -0.920. The van der Waals surface area contributed by atoms with Gasteiger partial charge in [-0.25, -0.2) is 0 Å². The van der Waals surface area contributed by atoms with Gasteiger partial charge in [0.1, 0.15) is 6.54 Å². The summed E-state index contributed by atoms with van der Waals surface area (Å²) in [5, 5.41) is 6.45. The Hall–Kier alpha value is -3.59. The van der Waals surface area contributed by atoms with Crippen molar-refractivity contribution in [2.24, 2.45) is 5.16 Å². The molecule has 0 N–H and O–H groups in total. The van der Waals surface area contributed by atoms with Gasteiger partial charge in [0.25, 0.3) is 5.91 Å². The molecule has 2 aliphatic rings. The number of nitrogens with zero attached hydrogens (tertiary/aromatic N) is 3. The van der Waals surface area contributed by atoms with Gasteiger partial charge in [0.2, 0.25) is 5.91 Å². The molecule has 5 rings (SSSR count). The lowest BCUT2D eigenvalue weighted by Crippen LogP contribution is -2.33. The van der Waals surface area contributed by atoms with E-state index in [2.05, 4.69) is 5.16 Å². The molecular weight excluding hydrogens is 519 g/mol. The Bertz CT molecular complexity index is 1450. The first-order chi connectivity index (χ1) is 17.9.